The van der Waals surface area contributed by atoms with Gasteiger partial charge in [-0.15, -0.1) is 0 Å². The first-order valence-electron chi connectivity index (χ1n) is 6.40. The molecule has 2 unspecified atom stereocenters. The Labute approximate surface area is 106 Å². The fourth-order valence-corrected chi connectivity index (χ4v) is 2.29. The maximum Gasteiger partial charge on any atom is 0.326 e. The molecule has 1 amide bonds. The van der Waals surface area contributed by atoms with Crippen LogP contribution in [-0.4, -0.2) is 60.3 Å². The minimum Gasteiger partial charge on any atom is -0.480 e. The predicted octanol–water partition coefficient (Wildman–Crippen LogP) is -0.171. The Morgan fingerprint density at radius 1 is 1.44 bits per heavy atom. The first-order valence-corrected chi connectivity index (χ1v) is 6.40. The molecule has 2 N–H and O–H groups in total. The Kier molecular flexibility index (Phi) is 4.19. The van der Waals surface area contributed by atoms with Crippen LogP contribution in [0, 0.1) is 0 Å². The average molecular weight is 256 g/mol. The zero-order valence-corrected chi connectivity index (χ0v) is 10.6. The molecule has 6 nitrogen and oxygen atoms in total. The Hall–Kier alpha value is -1.14. The van der Waals surface area contributed by atoms with Crippen molar-refractivity contribution in [1.82, 2.24) is 10.2 Å². The van der Waals surface area contributed by atoms with Crippen LogP contribution in [0.25, 0.3) is 0 Å². The lowest BCUT2D eigenvalue weighted by atomic mass is 10.2. The molecule has 102 valence electrons. The molecule has 0 aromatic heterocycles. The molecule has 0 aromatic carbocycles. The lowest BCUT2D eigenvalue weighted by Gasteiger charge is -2.21. The van der Waals surface area contributed by atoms with Gasteiger partial charge in [0.25, 0.3) is 0 Å². The van der Waals surface area contributed by atoms with Gasteiger partial charge in [0.1, 0.15) is 6.04 Å². The van der Waals surface area contributed by atoms with E-state index in [0.29, 0.717) is 32.0 Å². The van der Waals surface area contributed by atoms with Crippen LogP contribution in [0.1, 0.15) is 25.7 Å². The Balaban J connectivity index is 1.83. The highest BCUT2D eigenvalue weighted by molar-refractivity contribution is 5.84. The van der Waals surface area contributed by atoms with E-state index in [1.54, 1.807) is 7.11 Å². The number of nitrogens with zero attached hydrogens (tertiary/aromatic N) is 1. The lowest BCUT2D eigenvalue weighted by Crippen LogP contribution is -2.41. The van der Waals surface area contributed by atoms with Gasteiger partial charge in [-0.1, -0.05) is 0 Å². The van der Waals surface area contributed by atoms with Crippen molar-refractivity contribution < 1.29 is 19.4 Å². The molecule has 1 aliphatic heterocycles. The van der Waals surface area contributed by atoms with Gasteiger partial charge in [-0.2, -0.15) is 0 Å². The number of aliphatic carboxylic acids is 1. The molecular formula is C12H20N2O4. The largest absolute Gasteiger partial charge is 0.480 e. The van der Waals surface area contributed by atoms with Gasteiger partial charge in [0, 0.05) is 39.1 Å². The molecule has 18 heavy (non-hydrogen) atoms. The maximum atomic E-state index is 12.0. The summed E-state index contributed by atoms with van der Waals surface area (Å²) in [5.41, 5.74) is 0. The predicted molar refractivity (Wildman–Crippen MR) is 64.2 cm³/mol. The minimum atomic E-state index is -0.946. The highest BCUT2D eigenvalue weighted by Crippen LogP contribution is 2.22. The number of amides is 1. The van der Waals surface area contributed by atoms with Crippen molar-refractivity contribution in [2.45, 2.75) is 43.9 Å². The molecule has 1 saturated carbocycles. The number of rotatable bonds is 6. The summed E-state index contributed by atoms with van der Waals surface area (Å²) < 4.78 is 5.15. The molecule has 0 radical (unpaired) electrons. The van der Waals surface area contributed by atoms with Crippen LogP contribution in [-0.2, 0) is 14.3 Å². The molecule has 1 heterocycles. The van der Waals surface area contributed by atoms with Crippen molar-refractivity contribution in [3.63, 3.8) is 0 Å². The monoisotopic (exact) mass is 256 g/mol. The van der Waals surface area contributed by atoms with Gasteiger partial charge in [0.2, 0.25) is 5.91 Å². The molecule has 2 aliphatic rings. The molecular weight excluding hydrogens is 236 g/mol. The smallest absolute Gasteiger partial charge is 0.326 e. The molecule has 0 spiro atoms. The summed E-state index contributed by atoms with van der Waals surface area (Å²) >= 11 is 0. The fourth-order valence-electron chi connectivity index (χ4n) is 2.29. The summed E-state index contributed by atoms with van der Waals surface area (Å²) in [7, 11) is 1.55. The number of carboxylic acids is 1. The van der Waals surface area contributed by atoms with Crippen LogP contribution < -0.4 is 5.32 Å². The van der Waals surface area contributed by atoms with Crippen molar-refractivity contribution in [2.24, 2.45) is 0 Å². The van der Waals surface area contributed by atoms with E-state index in [1.165, 1.54) is 17.7 Å². The van der Waals surface area contributed by atoms with Crippen LogP contribution in [0.3, 0.4) is 0 Å². The van der Waals surface area contributed by atoms with Gasteiger partial charge in [-0.25, -0.2) is 4.79 Å². The van der Waals surface area contributed by atoms with E-state index in [1.807, 2.05) is 0 Å². The fraction of sp³-hybridized carbons (Fsp3) is 0.833. The second-order valence-electron chi connectivity index (χ2n) is 4.97. The number of likely N-dealkylation sites (tertiary alicyclic amines) is 1. The number of ether oxygens (including phenoxy) is 1. The van der Waals surface area contributed by atoms with Gasteiger partial charge in [0.15, 0.2) is 0 Å². The van der Waals surface area contributed by atoms with Crippen molar-refractivity contribution in [3.05, 3.63) is 0 Å². The molecule has 6 heteroatoms. The van der Waals surface area contributed by atoms with Crippen molar-refractivity contribution >= 4 is 11.9 Å². The Morgan fingerprint density at radius 2 is 2.17 bits per heavy atom. The Bertz CT molecular complexity index is 330. The third kappa shape index (κ3) is 3.20. The highest BCUT2D eigenvalue weighted by Gasteiger charge is 2.39. The first kappa shape index (κ1) is 13.3. The van der Waals surface area contributed by atoms with Crippen LogP contribution in [0.4, 0.5) is 0 Å². The van der Waals surface area contributed by atoms with Crippen LogP contribution in [0.5, 0.6) is 0 Å². The zero-order valence-electron chi connectivity index (χ0n) is 10.6. The van der Waals surface area contributed by atoms with Crippen LogP contribution in [0.15, 0.2) is 0 Å². The summed E-state index contributed by atoms with van der Waals surface area (Å²) in [6.07, 6.45) is 2.94. The number of carboxylic acid groups (broad SMARTS) is 1. The molecule has 0 aromatic rings. The summed E-state index contributed by atoms with van der Waals surface area (Å²) in [6.45, 7) is 1.01. The van der Waals surface area contributed by atoms with Gasteiger partial charge in [-0.3, -0.25) is 4.79 Å². The number of methoxy groups -OCH3 is 1. The van der Waals surface area contributed by atoms with E-state index in [9.17, 15) is 9.59 Å². The van der Waals surface area contributed by atoms with E-state index >= 15 is 0 Å². The van der Waals surface area contributed by atoms with Crippen LogP contribution >= 0.6 is 0 Å². The van der Waals surface area contributed by atoms with Gasteiger partial charge in [0.05, 0.1) is 6.10 Å². The topological polar surface area (TPSA) is 78.9 Å². The lowest BCUT2D eigenvalue weighted by molar-refractivity contribution is -0.148. The third-order valence-corrected chi connectivity index (χ3v) is 3.55. The molecule has 1 saturated heterocycles. The van der Waals surface area contributed by atoms with Crippen molar-refractivity contribution in [3.8, 4) is 0 Å². The van der Waals surface area contributed by atoms with Gasteiger partial charge < -0.3 is 20.1 Å². The second kappa shape index (κ2) is 5.67. The molecule has 0 bridgehead atoms. The van der Waals surface area contributed by atoms with Gasteiger partial charge >= 0.3 is 5.97 Å². The number of carbonyl (C=O) groups is 2. The standard InChI is InChI=1S/C12H20N2O4/c1-18-9-6-10(12(16)17)14(7-9)11(15)4-5-13-8-2-3-8/h8-10,13H,2-7H2,1H3,(H,16,17). The van der Waals surface area contributed by atoms with Crippen LogP contribution in [0.2, 0.25) is 0 Å². The maximum absolute atomic E-state index is 12.0. The quantitative estimate of drug-likeness (QED) is 0.690. The van der Waals surface area contributed by atoms with E-state index in [4.69, 9.17) is 9.84 Å². The number of hydrogen-bond acceptors (Lipinski definition) is 4. The van der Waals surface area contributed by atoms with Crippen molar-refractivity contribution in [1.29, 1.82) is 0 Å². The summed E-state index contributed by atoms with van der Waals surface area (Å²) in [6, 6.07) is -0.165. The molecule has 2 rings (SSSR count). The summed E-state index contributed by atoms with van der Waals surface area (Å²) in [5, 5.41) is 12.4. The van der Waals surface area contributed by atoms with E-state index in [-0.39, 0.29) is 12.0 Å². The number of carbonyl (C=O) groups excluding carboxylic acids is 1. The number of nitrogens with one attached hydrogen (secondary N) is 1. The zero-order chi connectivity index (χ0) is 13.1. The van der Waals surface area contributed by atoms with Gasteiger partial charge in [-0.05, 0) is 12.8 Å². The summed E-state index contributed by atoms with van der Waals surface area (Å²) in [4.78, 5) is 24.5. The molecule has 1 aliphatic carbocycles. The average Bonchev–Trinajstić information content (AvgIpc) is 3.05. The molecule has 2 atom stereocenters. The second-order valence-corrected chi connectivity index (χ2v) is 4.97. The minimum absolute atomic E-state index is 0.102. The third-order valence-electron chi connectivity index (χ3n) is 3.55. The highest BCUT2D eigenvalue weighted by atomic mass is 16.5. The SMILES string of the molecule is COC1CC(C(=O)O)N(C(=O)CCNC2CC2)C1. The Morgan fingerprint density at radius 3 is 2.72 bits per heavy atom. The normalized spacial score (nSPS) is 27.5. The molecule has 2 fully saturated rings. The van der Waals surface area contributed by atoms with Crippen molar-refractivity contribution in [2.75, 3.05) is 20.2 Å². The van der Waals surface area contributed by atoms with E-state index in [0.717, 1.165) is 0 Å². The van der Waals surface area contributed by atoms with E-state index < -0.39 is 12.0 Å². The summed E-state index contributed by atoms with van der Waals surface area (Å²) in [5.74, 6) is -1.05. The number of hydrogen-bond donors (Lipinski definition) is 2. The first-order chi connectivity index (χ1) is 8.61. The van der Waals surface area contributed by atoms with E-state index in [2.05, 4.69) is 5.32 Å².